The van der Waals surface area contributed by atoms with Crippen molar-refractivity contribution >= 4 is 5.82 Å². The van der Waals surface area contributed by atoms with Crippen LogP contribution in [0.3, 0.4) is 0 Å². The van der Waals surface area contributed by atoms with Crippen LogP contribution < -0.4 is 5.32 Å². The molecule has 0 saturated heterocycles. The third-order valence-electron chi connectivity index (χ3n) is 2.60. The van der Waals surface area contributed by atoms with Crippen molar-refractivity contribution in [1.29, 1.82) is 0 Å². The predicted octanol–water partition coefficient (Wildman–Crippen LogP) is 3.08. The van der Waals surface area contributed by atoms with Gasteiger partial charge in [0.05, 0.1) is 6.61 Å². The third kappa shape index (κ3) is 6.75. The first kappa shape index (κ1) is 16.8. The normalized spacial score (nSPS) is 11.1. The van der Waals surface area contributed by atoms with Gasteiger partial charge in [-0.05, 0) is 12.8 Å². The Morgan fingerprint density at radius 1 is 1.20 bits per heavy atom. The van der Waals surface area contributed by atoms with Crippen molar-refractivity contribution in [3.63, 3.8) is 0 Å². The lowest BCUT2D eigenvalue weighted by Gasteiger charge is -2.09. The number of hydrogen-bond acceptors (Lipinski definition) is 4. The van der Waals surface area contributed by atoms with Gasteiger partial charge in [-0.1, -0.05) is 20.3 Å². The number of nitrogens with one attached hydrogen (secondary N) is 1. The molecule has 1 aromatic heterocycles. The number of rotatable bonds is 10. The van der Waals surface area contributed by atoms with Crippen molar-refractivity contribution in [3.8, 4) is 0 Å². The summed E-state index contributed by atoms with van der Waals surface area (Å²) in [5.41, 5.74) is 0.977. The van der Waals surface area contributed by atoms with Crippen molar-refractivity contribution in [1.82, 2.24) is 9.97 Å². The molecule has 0 aromatic carbocycles. The summed E-state index contributed by atoms with van der Waals surface area (Å²) < 4.78 is 28.8. The summed E-state index contributed by atoms with van der Waals surface area (Å²) in [6.45, 7) is 4.71. The molecule has 4 nitrogen and oxygen atoms in total. The molecule has 0 spiro atoms. The minimum atomic E-state index is -2.43. The molecule has 20 heavy (non-hydrogen) atoms. The first-order chi connectivity index (χ1) is 9.65. The van der Waals surface area contributed by atoms with E-state index in [9.17, 15) is 8.78 Å². The number of nitrogens with zero attached hydrogens (tertiary/aromatic N) is 2. The van der Waals surface area contributed by atoms with Gasteiger partial charge < -0.3 is 10.1 Å². The molecule has 1 heterocycles. The highest BCUT2D eigenvalue weighted by Crippen LogP contribution is 2.10. The van der Waals surface area contributed by atoms with Gasteiger partial charge in [-0.25, -0.2) is 18.7 Å². The molecule has 1 rings (SSSR count). The first-order valence-electron chi connectivity index (χ1n) is 7.12. The minimum absolute atomic E-state index is 0.215. The van der Waals surface area contributed by atoms with Gasteiger partial charge in [0.2, 0.25) is 0 Å². The average Bonchev–Trinajstić information content (AvgIpc) is 2.41. The highest BCUT2D eigenvalue weighted by Gasteiger charge is 2.06. The van der Waals surface area contributed by atoms with Gasteiger partial charge in [-0.2, -0.15) is 0 Å². The SMILES string of the molecule is CCCNc1cc(CCC)nc(CCOCC(F)F)n1. The standard InChI is InChI=1S/C14H23F2N3O/c1-3-5-11-9-14(17-7-4-2)19-13(18-11)6-8-20-10-12(15)16/h9,12H,3-8,10H2,1-2H3,(H,17,18,19). The summed E-state index contributed by atoms with van der Waals surface area (Å²) in [5, 5.41) is 3.23. The zero-order valence-electron chi connectivity index (χ0n) is 12.2. The predicted molar refractivity (Wildman–Crippen MR) is 75.3 cm³/mol. The largest absolute Gasteiger partial charge is 0.375 e. The highest BCUT2D eigenvalue weighted by atomic mass is 19.3. The molecule has 0 bridgehead atoms. The van der Waals surface area contributed by atoms with Crippen LogP contribution in [0.4, 0.5) is 14.6 Å². The Kier molecular flexibility index (Phi) is 8.02. The fourth-order valence-electron chi connectivity index (χ4n) is 1.73. The van der Waals surface area contributed by atoms with E-state index in [-0.39, 0.29) is 6.61 Å². The van der Waals surface area contributed by atoms with E-state index in [1.54, 1.807) is 0 Å². The van der Waals surface area contributed by atoms with Crippen LogP contribution in [0.25, 0.3) is 0 Å². The maximum Gasteiger partial charge on any atom is 0.261 e. The summed E-state index contributed by atoms with van der Waals surface area (Å²) in [6, 6.07) is 1.95. The zero-order valence-corrected chi connectivity index (χ0v) is 12.2. The Hall–Kier alpha value is -1.30. The number of aromatic nitrogens is 2. The Balaban J connectivity index is 2.60. The molecule has 1 aromatic rings. The van der Waals surface area contributed by atoms with Crippen LogP contribution in [0, 0.1) is 0 Å². The highest BCUT2D eigenvalue weighted by molar-refractivity contribution is 5.36. The van der Waals surface area contributed by atoms with Crippen molar-refractivity contribution in [2.24, 2.45) is 0 Å². The molecule has 0 unspecified atom stereocenters. The smallest absolute Gasteiger partial charge is 0.261 e. The Morgan fingerprint density at radius 2 is 2.00 bits per heavy atom. The van der Waals surface area contributed by atoms with E-state index in [1.807, 2.05) is 6.07 Å². The van der Waals surface area contributed by atoms with E-state index in [0.717, 1.165) is 37.3 Å². The van der Waals surface area contributed by atoms with Crippen molar-refractivity contribution in [2.75, 3.05) is 25.1 Å². The maximum atomic E-state index is 12.0. The van der Waals surface area contributed by atoms with Gasteiger partial charge in [0.15, 0.2) is 0 Å². The van der Waals surface area contributed by atoms with Gasteiger partial charge >= 0.3 is 0 Å². The van der Waals surface area contributed by atoms with E-state index in [2.05, 4.69) is 29.1 Å². The van der Waals surface area contributed by atoms with Crippen LogP contribution in [0.5, 0.6) is 0 Å². The second-order valence-corrected chi connectivity index (χ2v) is 4.55. The molecule has 0 atom stereocenters. The van der Waals surface area contributed by atoms with Crippen LogP contribution >= 0.6 is 0 Å². The van der Waals surface area contributed by atoms with E-state index < -0.39 is 13.0 Å². The van der Waals surface area contributed by atoms with Crippen LogP contribution in [-0.2, 0) is 17.6 Å². The molecule has 0 saturated carbocycles. The molecule has 0 aliphatic rings. The molecule has 114 valence electrons. The lowest BCUT2D eigenvalue weighted by Crippen LogP contribution is -2.11. The van der Waals surface area contributed by atoms with E-state index >= 15 is 0 Å². The first-order valence-corrected chi connectivity index (χ1v) is 7.12. The summed E-state index contributed by atoms with van der Waals surface area (Å²) in [4.78, 5) is 8.81. The quantitative estimate of drug-likeness (QED) is 0.672. The van der Waals surface area contributed by atoms with Crippen LogP contribution in [0.1, 0.15) is 38.2 Å². The van der Waals surface area contributed by atoms with Gasteiger partial charge in [-0.15, -0.1) is 0 Å². The second kappa shape index (κ2) is 9.58. The molecule has 0 aliphatic heterocycles. The van der Waals surface area contributed by atoms with E-state index in [1.165, 1.54) is 0 Å². The number of hydrogen-bond donors (Lipinski definition) is 1. The zero-order chi connectivity index (χ0) is 14.8. The Labute approximate surface area is 119 Å². The van der Waals surface area contributed by atoms with Crippen molar-refractivity contribution in [2.45, 2.75) is 46.0 Å². The Morgan fingerprint density at radius 3 is 2.65 bits per heavy atom. The molecular weight excluding hydrogens is 264 g/mol. The average molecular weight is 287 g/mol. The van der Waals surface area contributed by atoms with E-state index in [0.29, 0.717) is 12.2 Å². The van der Waals surface area contributed by atoms with E-state index in [4.69, 9.17) is 4.74 Å². The number of alkyl halides is 2. The molecule has 0 radical (unpaired) electrons. The van der Waals surface area contributed by atoms with Crippen LogP contribution in [-0.4, -0.2) is 36.2 Å². The molecule has 0 amide bonds. The molecular formula is C14H23F2N3O. The monoisotopic (exact) mass is 287 g/mol. The number of aryl methyl sites for hydroxylation is 1. The van der Waals surface area contributed by atoms with Crippen molar-refractivity contribution in [3.05, 3.63) is 17.6 Å². The summed E-state index contributed by atoms with van der Waals surface area (Å²) in [7, 11) is 0. The summed E-state index contributed by atoms with van der Waals surface area (Å²) in [6.07, 6.45) is 0.925. The van der Waals surface area contributed by atoms with Crippen LogP contribution in [0.15, 0.2) is 6.07 Å². The fraction of sp³-hybridized carbons (Fsp3) is 0.714. The topological polar surface area (TPSA) is 47.0 Å². The van der Waals surface area contributed by atoms with Gasteiger partial charge in [-0.3, -0.25) is 0 Å². The fourth-order valence-corrected chi connectivity index (χ4v) is 1.73. The minimum Gasteiger partial charge on any atom is -0.375 e. The molecule has 0 fully saturated rings. The summed E-state index contributed by atoms with van der Waals surface area (Å²) in [5.74, 6) is 1.44. The van der Waals surface area contributed by atoms with Crippen LogP contribution in [0.2, 0.25) is 0 Å². The lowest BCUT2D eigenvalue weighted by molar-refractivity contribution is 0.0183. The third-order valence-corrected chi connectivity index (χ3v) is 2.60. The van der Waals surface area contributed by atoms with Crippen molar-refractivity contribution < 1.29 is 13.5 Å². The lowest BCUT2D eigenvalue weighted by atomic mass is 10.2. The number of ether oxygens (including phenoxy) is 1. The maximum absolute atomic E-state index is 12.0. The van der Waals surface area contributed by atoms with Gasteiger partial charge in [0.25, 0.3) is 6.43 Å². The molecule has 0 aliphatic carbocycles. The van der Waals surface area contributed by atoms with Gasteiger partial charge in [0.1, 0.15) is 18.2 Å². The molecule has 6 heteroatoms. The Bertz CT molecular complexity index is 389. The number of halogens is 2. The molecule has 1 N–H and O–H groups in total. The second-order valence-electron chi connectivity index (χ2n) is 4.55. The van der Waals surface area contributed by atoms with Gasteiger partial charge in [0, 0.05) is 24.7 Å². The summed E-state index contributed by atoms with van der Waals surface area (Å²) >= 11 is 0. The number of anilines is 1.